The van der Waals surface area contributed by atoms with Crippen LogP contribution in [0.2, 0.25) is 0 Å². The molecule has 0 atom stereocenters. The second-order valence-corrected chi connectivity index (χ2v) is 4.84. The summed E-state index contributed by atoms with van der Waals surface area (Å²) in [6.07, 6.45) is 0. The first-order valence-electron chi connectivity index (χ1n) is 5.85. The van der Waals surface area contributed by atoms with Crippen LogP contribution in [0.25, 0.3) is 0 Å². The maximum atomic E-state index is 4.84. The smallest absolute Gasteiger partial charge is 0.0700 e. The van der Waals surface area contributed by atoms with Gasteiger partial charge in [-0.2, -0.15) is 0 Å². The molecule has 93 valence electrons. The number of fused-ring (bicyclic) bond motifs is 1. The zero-order valence-corrected chi connectivity index (χ0v) is 12.8. The summed E-state index contributed by atoms with van der Waals surface area (Å²) in [4.78, 5) is 4.84. The van der Waals surface area contributed by atoms with E-state index in [4.69, 9.17) is 4.99 Å². The number of hydrogen-bond acceptors (Lipinski definition) is 1. The van der Waals surface area contributed by atoms with Crippen molar-refractivity contribution in [2.24, 2.45) is 4.99 Å². The van der Waals surface area contributed by atoms with E-state index >= 15 is 0 Å². The molecule has 1 heterocycles. The van der Waals surface area contributed by atoms with Crippen LogP contribution in [0.4, 0.5) is 0 Å². The van der Waals surface area contributed by atoms with Crippen LogP contribution in [0.5, 0.6) is 0 Å². The molecule has 0 amide bonds. The van der Waals surface area contributed by atoms with E-state index in [0.717, 1.165) is 11.3 Å². The number of aliphatic imine (C=N–C) groups is 1. The summed E-state index contributed by atoms with van der Waals surface area (Å²) in [7, 11) is 0. The molecule has 18 heavy (non-hydrogen) atoms. The van der Waals surface area contributed by atoms with Gasteiger partial charge in [-0.25, -0.2) is 0 Å². The molecule has 2 aromatic carbocycles. The van der Waals surface area contributed by atoms with Crippen LogP contribution in [0.15, 0.2) is 53.5 Å². The van der Waals surface area contributed by atoms with E-state index in [1.54, 1.807) is 0 Å². The second kappa shape index (κ2) is 4.79. The Labute approximate surface area is 121 Å². The first kappa shape index (κ1) is 13.2. The number of nitrogens with zero attached hydrogens (tertiary/aromatic N) is 1. The molecular formula is C16H14IrN-. The maximum absolute atomic E-state index is 4.84. The van der Waals surface area contributed by atoms with E-state index < -0.39 is 0 Å². The Morgan fingerprint density at radius 2 is 1.72 bits per heavy atom. The minimum atomic E-state index is -0.129. The molecule has 0 unspecified atom stereocenters. The first-order chi connectivity index (χ1) is 8.18. The standard InChI is InChI=1S/C16H14N.Ir/c1-16(2)14-11-7-6-10-13(14)15(17-16)12-8-4-3-5-9-12;/h3-8,10-11H,1-2H3;/q-1;. The molecule has 2 aromatic rings. The summed E-state index contributed by atoms with van der Waals surface area (Å²) in [5.74, 6) is 0. The van der Waals surface area contributed by atoms with Crippen molar-refractivity contribution >= 4 is 5.71 Å². The van der Waals surface area contributed by atoms with E-state index in [-0.39, 0.29) is 25.6 Å². The second-order valence-electron chi connectivity index (χ2n) is 4.84. The third kappa shape index (κ3) is 2.07. The average Bonchev–Trinajstić information content (AvgIpc) is 2.64. The first-order valence-corrected chi connectivity index (χ1v) is 5.85. The SMILES string of the molecule is CC1(C)N=C(c2[c-]cccc2)c2ccccc21.[Ir]. The zero-order valence-electron chi connectivity index (χ0n) is 10.4. The molecule has 0 spiro atoms. The molecule has 1 radical (unpaired) electrons. The van der Waals surface area contributed by atoms with Crippen LogP contribution in [0, 0.1) is 6.07 Å². The van der Waals surface area contributed by atoms with Crippen molar-refractivity contribution < 1.29 is 20.1 Å². The van der Waals surface area contributed by atoms with Gasteiger partial charge in [0.2, 0.25) is 0 Å². The third-order valence-corrected chi connectivity index (χ3v) is 3.20. The topological polar surface area (TPSA) is 12.4 Å². The van der Waals surface area contributed by atoms with Crippen molar-refractivity contribution in [2.45, 2.75) is 19.4 Å². The molecule has 0 bridgehead atoms. The molecule has 0 N–H and O–H groups in total. The summed E-state index contributed by atoms with van der Waals surface area (Å²) >= 11 is 0. The van der Waals surface area contributed by atoms with E-state index in [1.165, 1.54) is 11.1 Å². The Balaban J connectivity index is 0.00000120. The minimum Gasteiger partial charge on any atom is -0.322 e. The monoisotopic (exact) mass is 413 g/mol. The molecule has 0 saturated carbocycles. The van der Waals surface area contributed by atoms with Crippen LogP contribution in [0.3, 0.4) is 0 Å². The van der Waals surface area contributed by atoms with E-state index in [2.05, 4.69) is 50.2 Å². The van der Waals surface area contributed by atoms with Gasteiger partial charge in [-0.1, -0.05) is 24.3 Å². The van der Waals surface area contributed by atoms with E-state index in [9.17, 15) is 0 Å². The quantitative estimate of drug-likeness (QED) is 0.635. The van der Waals surface area contributed by atoms with Gasteiger partial charge in [-0.15, -0.1) is 35.9 Å². The fourth-order valence-electron chi connectivity index (χ4n) is 2.37. The average molecular weight is 413 g/mol. The van der Waals surface area contributed by atoms with Crippen LogP contribution in [0.1, 0.15) is 30.5 Å². The van der Waals surface area contributed by atoms with Gasteiger partial charge in [0.15, 0.2) is 0 Å². The predicted molar refractivity (Wildman–Crippen MR) is 70.4 cm³/mol. The van der Waals surface area contributed by atoms with Crippen LogP contribution in [-0.2, 0) is 25.6 Å². The van der Waals surface area contributed by atoms with Gasteiger partial charge in [-0.3, -0.25) is 0 Å². The van der Waals surface area contributed by atoms with Crippen LogP contribution >= 0.6 is 0 Å². The summed E-state index contributed by atoms with van der Waals surface area (Å²) in [5, 5.41) is 0. The van der Waals surface area contributed by atoms with E-state index in [0.29, 0.717) is 0 Å². The maximum Gasteiger partial charge on any atom is 0.0700 e. The van der Waals surface area contributed by atoms with Gasteiger partial charge in [0.25, 0.3) is 0 Å². The van der Waals surface area contributed by atoms with Gasteiger partial charge < -0.3 is 4.99 Å². The van der Waals surface area contributed by atoms with Crippen LogP contribution in [-0.4, -0.2) is 5.71 Å². The van der Waals surface area contributed by atoms with Gasteiger partial charge in [-0.05, 0) is 30.7 Å². The minimum absolute atomic E-state index is 0. The van der Waals surface area contributed by atoms with Crippen molar-refractivity contribution in [1.29, 1.82) is 0 Å². The van der Waals surface area contributed by atoms with Gasteiger partial charge in [0.05, 0.1) is 5.54 Å². The summed E-state index contributed by atoms with van der Waals surface area (Å²) in [6, 6.07) is 19.7. The molecule has 3 rings (SSSR count). The predicted octanol–water partition coefficient (Wildman–Crippen LogP) is 3.57. The largest absolute Gasteiger partial charge is 0.322 e. The zero-order chi connectivity index (χ0) is 11.9. The Bertz CT molecular complexity index is 585. The van der Waals surface area contributed by atoms with Gasteiger partial charge >= 0.3 is 0 Å². The molecule has 0 aliphatic carbocycles. The van der Waals surface area contributed by atoms with Gasteiger partial charge in [0.1, 0.15) is 0 Å². The molecule has 2 heteroatoms. The van der Waals surface area contributed by atoms with Crippen molar-refractivity contribution in [2.75, 3.05) is 0 Å². The number of rotatable bonds is 1. The molecule has 1 nitrogen and oxygen atoms in total. The molecule has 0 saturated heterocycles. The summed E-state index contributed by atoms with van der Waals surface area (Å²) in [5.41, 5.74) is 4.54. The Morgan fingerprint density at radius 3 is 2.44 bits per heavy atom. The van der Waals surface area contributed by atoms with Gasteiger partial charge in [0, 0.05) is 20.1 Å². The van der Waals surface area contributed by atoms with Crippen molar-refractivity contribution in [3.05, 3.63) is 71.3 Å². The Kier molecular flexibility index (Phi) is 3.52. The molecule has 1 aliphatic heterocycles. The third-order valence-electron chi connectivity index (χ3n) is 3.20. The Morgan fingerprint density at radius 1 is 1.00 bits per heavy atom. The molecule has 1 aliphatic rings. The molecular weight excluding hydrogens is 398 g/mol. The van der Waals surface area contributed by atoms with E-state index in [1.807, 2.05) is 18.2 Å². The fraction of sp³-hybridized carbons (Fsp3) is 0.188. The molecule has 0 fully saturated rings. The summed E-state index contributed by atoms with van der Waals surface area (Å²) < 4.78 is 0. The fourth-order valence-corrected chi connectivity index (χ4v) is 2.37. The number of benzene rings is 2. The summed E-state index contributed by atoms with van der Waals surface area (Å²) in [6.45, 7) is 4.31. The normalized spacial score (nSPS) is 15.6. The number of hydrogen-bond donors (Lipinski definition) is 0. The molecule has 0 aromatic heterocycles. The Hall–Kier alpha value is -1.24. The van der Waals surface area contributed by atoms with Crippen molar-refractivity contribution in [3.63, 3.8) is 0 Å². The van der Waals surface area contributed by atoms with Crippen molar-refractivity contribution in [3.8, 4) is 0 Å². The van der Waals surface area contributed by atoms with Crippen LogP contribution < -0.4 is 0 Å². The van der Waals surface area contributed by atoms with Crippen molar-refractivity contribution in [1.82, 2.24) is 0 Å².